The van der Waals surface area contributed by atoms with Crippen LogP contribution in [0.25, 0.3) is 10.9 Å². The first-order valence-corrected chi connectivity index (χ1v) is 12.3. The Morgan fingerprint density at radius 2 is 1.81 bits per heavy atom. The molecule has 6 heteroatoms. The van der Waals surface area contributed by atoms with Gasteiger partial charge in [0.25, 0.3) is 0 Å². The molecule has 4 rings (SSSR count). The molecule has 0 saturated carbocycles. The number of likely N-dealkylation sites (tertiary alicyclic amines) is 1. The van der Waals surface area contributed by atoms with Gasteiger partial charge >= 0.3 is 0 Å². The number of anilines is 1. The number of amides is 2. The van der Waals surface area contributed by atoms with E-state index in [4.69, 9.17) is 0 Å². The molecule has 0 unspecified atom stereocenters. The number of aryl methyl sites for hydroxylation is 1. The lowest BCUT2D eigenvalue weighted by Crippen LogP contribution is -2.39. The van der Waals surface area contributed by atoms with Crippen molar-refractivity contribution in [2.45, 2.75) is 45.1 Å². The van der Waals surface area contributed by atoms with Gasteiger partial charge in [0.05, 0.1) is 5.75 Å². The number of carbonyl (C=O) groups is 2. The fraction of sp³-hybridized carbons (Fsp3) is 0.385. The van der Waals surface area contributed by atoms with Crippen LogP contribution in [-0.4, -0.2) is 40.1 Å². The first-order valence-electron chi connectivity index (χ1n) is 11.3. The molecule has 1 aromatic heterocycles. The molecule has 5 nitrogen and oxygen atoms in total. The average Bonchev–Trinajstić information content (AvgIpc) is 3.13. The summed E-state index contributed by atoms with van der Waals surface area (Å²) in [5.74, 6) is 1.16. The van der Waals surface area contributed by atoms with E-state index in [2.05, 4.69) is 18.3 Å². The number of thioether (sulfide) groups is 1. The average molecular weight is 450 g/mol. The van der Waals surface area contributed by atoms with Crippen molar-refractivity contribution in [3.63, 3.8) is 0 Å². The van der Waals surface area contributed by atoms with Gasteiger partial charge in [-0.25, -0.2) is 0 Å². The minimum Gasteiger partial charge on any atom is -0.341 e. The Kier molecular flexibility index (Phi) is 6.89. The van der Waals surface area contributed by atoms with Gasteiger partial charge in [-0.2, -0.15) is 0 Å². The van der Waals surface area contributed by atoms with Crippen LogP contribution in [0.1, 0.15) is 30.9 Å². The second-order valence-corrected chi connectivity index (χ2v) is 9.80. The third-order valence-electron chi connectivity index (χ3n) is 6.43. The summed E-state index contributed by atoms with van der Waals surface area (Å²) in [5.41, 5.74) is 4.14. The molecule has 2 amide bonds. The predicted molar refractivity (Wildman–Crippen MR) is 132 cm³/mol. The van der Waals surface area contributed by atoms with Gasteiger partial charge in [-0.05, 0) is 55.9 Å². The van der Waals surface area contributed by atoms with Gasteiger partial charge in [0, 0.05) is 40.8 Å². The van der Waals surface area contributed by atoms with E-state index in [9.17, 15) is 9.59 Å². The third-order valence-corrected chi connectivity index (χ3v) is 7.47. The number of aromatic nitrogens is 1. The molecular formula is C26H31N3O2S. The van der Waals surface area contributed by atoms with E-state index >= 15 is 0 Å². The van der Waals surface area contributed by atoms with Crippen molar-refractivity contribution < 1.29 is 9.59 Å². The Labute approximate surface area is 194 Å². The lowest BCUT2D eigenvalue weighted by molar-refractivity contribution is -0.133. The molecule has 0 radical (unpaired) electrons. The number of rotatable bonds is 6. The lowest BCUT2D eigenvalue weighted by atomic mass is 9.99. The van der Waals surface area contributed by atoms with Crippen LogP contribution in [-0.2, 0) is 16.1 Å². The molecule has 2 heterocycles. The quantitative estimate of drug-likeness (QED) is 0.523. The molecule has 0 atom stereocenters. The fourth-order valence-corrected chi connectivity index (χ4v) is 5.07. The summed E-state index contributed by atoms with van der Waals surface area (Å²) in [7, 11) is 0. The molecular weight excluding hydrogens is 418 g/mol. The summed E-state index contributed by atoms with van der Waals surface area (Å²) in [5, 5.41) is 4.11. The summed E-state index contributed by atoms with van der Waals surface area (Å²) >= 11 is 1.51. The molecule has 0 bridgehead atoms. The third kappa shape index (κ3) is 5.01. The zero-order valence-corrected chi connectivity index (χ0v) is 19.9. The Morgan fingerprint density at radius 1 is 1.06 bits per heavy atom. The summed E-state index contributed by atoms with van der Waals surface area (Å²) in [6.45, 7) is 8.34. The lowest BCUT2D eigenvalue weighted by Gasteiger charge is -2.30. The van der Waals surface area contributed by atoms with Crippen LogP contribution < -0.4 is 5.32 Å². The number of piperidine rings is 1. The molecule has 1 aliphatic rings. The fourth-order valence-electron chi connectivity index (χ4n) is 4.18. The molecule has 168 valence electrons. The van der Waals surface area contributed by atoms with Crippen LogP contribution in [0.2, 0.25) is 0 Å². The second-order valence-electron chi connectivity index (χ2n) is 8.79. The number of fused-ring (bicyclic) bond motifs is 1. The first kappa shape index (κ1) is 22.5. The van der Waals surface area contributed by atoms with Crippen molar-refractivity contribution in [3.8, 4) is 0 Å². The largest absolute Gasteiger partial charge is 0.341 e. The maximum absolute atomic E-state index is 12.9. The zero-order valence-electron chi connectivity index (χ0n) is 19.1. The van der Waals surface area contributed by atoms with Crippen molar-refractivity contribution in [1.82, 2.24) is 9.47 Å². The van der Waals surface area contributed by atoms with E-state index in [-0.39, 0.29) is 11.8 Å². The van der Waals surface area contributed by atoms with Crippen LogP contribution in [0.15, 0.2) is 53.6 Å². The van der Waals surface area contributed by atoms with Crippen LogP contribution in [0, 0.1) is 19.8 Å². The highest BCUT2D eigenvalue weighted by Gasteiger charge is 2.21. The summed E-state index contributed by atoms with van der Waals surface area (Å²) < 4.78 is 2.03. The SMILES string of the molecule is Cc1cccc(NC(=O)CSc2cn(CC(=O)N3CCC(C)CC3)c3ccccc23)c1C. The molecule has 1 fully saturated rings. The highest BCUT2D eigenvalue weighted by molar-refractivity contribution is 8.00. The van der Waals surface area contributed by atoms with Crippen molar-refractivity contribution in [3.05, 3.63) is 59.8 Å². The number of hydrogen-bond donors (Lipinski definition) is 1. The first-order chi connectivity index (χ1) is 15.4. The van der Waals surface area contributed by atoms with Gasteiger partial charge in [0.2, 0.25) is 11.8 Å². The predicted octanol–water partition coefficient (Wildman–Crippen LogP) is 5.25. The van der Waals surface area contributed by atoms with Gasteiger partial charge in [-0.15, -0.1) is 11.8 Å². The molecule has 1 saturated heterocycles. The van der Waals surface area contributed by atoms with E-state index in [1.54, 1.807) is 0 Å². The molecule has 0 spiro atoms. The zero-order chi connectivity index (χ0) is 22.7. The molecule has 2 aromatic carbocycles. The van der Waals surface area contributed by atoms with E-state index in [1.165, 1.54) is 11.8 Å². The van der Waals surface area contributed by atoms with E-state index in [0.717, 1.165) is 58.5 Å². The number of benzene rings is 2. The Hall–Kier alpha value is -2.73. The van der Waals surface area contributed by atoms with Crippen LogP contribution >= 0.6 is 11.8 Å². The van der Waals surface area contributed by atoms with E-state index in [0.29, 0.717) is 18.2 Å². The maximum atomic E-state index is 12.9. The van der Waals surface area contributed by atoms with E-state index < -0.39 is 0 Å². The number of nitrogens with one attached hydrogen (secondary N) is 1. The monoisotopic (exact) mass is 449 g/mol. The molecule has 32 heavy (non-hydrogen) atoms. The molecule has 0 aliphatic carbocycles. The summed E-state index contributed by atoms with van der Waals surface area (Å²) in [6, 6.07) is 14.0. The van der Waals surface area contributed by atoms with Crippen molar-refractivity contribution >= 4 is 40.2 Å². The van der Waals surface area contributed by atoms with Gasteiger partial charge in [0.15, 0.2) is 0 Å². The van der Waals surface area contributed by atoms with E-state index in [1.807, 2.05) is 65.9 Å². The van der Waals surface area contributed by atoms with Crippen molar-refractivity contribution in [1.29, 1.82) is 0 Å². The van der Waals surface area contributed by atoms with Crippen molar-refractivity contribution in [2.24, 2.45) is 5.92 Å². The van der Waals surface area contributed by atoms with Crippen molar-refractivity contribution in [2.75, 3.05) is 24.2 Å². The Morgan fingerprint density at radius 3 is 2.59 bits per heavy atom. The molecule has 1 N–H and O–H groups in total. The standard InChI is InChI=1S/C26H31N3O2S/c1-18-11-13-28(14-12-18)26(31)16-29-15-24(21-8-4-5-10-23(21)29)32-17-25(30)27-22-9-6-7-19(2)20(22)3/h4-10,15,18H,11-14,16-17H2,1-3H3,(H,27,30). The number of hydrogen-bond acceptors (Lipinski definition) is 3. The topological polar surface area (TPSA) is 54.3 Å². The number of para-hydroxylation sites is 1. The Bertz CT molecular complexity index is 1130. The minimum atomic E-state index is -0.0287. The highest BCUT2D eigenvalue weighted by Crippen LogP contribution is 2.30. The smallest absolute Gasteiger partial charge is 0.242 e. The van der Waals surface area contributed by atoms with Gasteiger partial charge in [-0.3, -0.25) is 9.59 Å². The number of nitrogens with zero attached hydrogens (tertiary/aromatic N) is 2. The maximum Gasteiger partial charge on any atom is 0.242 e. The highest BCUT2D eigenvalue weighted by atomic mass is 32.2. The van der Waals surface area contributed by atoms with Crippen LogP contribution in [0.4, 0.5) is 5.69 Å². The normalized spacial score (nSPS) is 14.7. The van der Waals surface area contributed by atoms with Gasteiger partial charge < -0.3 is 14.8 Å². The van der Waals surface area contributed by atoms with Gasteiger partial charge in [0.1, 0.15) is 6.54 Å². The van der Waals surface area contributed by atoms with Crippen LogP contribution in [0.5, 0.6) is 0 Å². The summed E-state index contributed by atoms with van der Waals surface area (Å²) in [6.07, 6.45) is 4.18. The minimum absolute atomic E-state index is 0.0287. The Balaban J connectivity index is 1.44. The molecule has 3 aromatic rings. The molecule has 1 aliphatic heterocycles. The second kappa shape index (κ2) is 9.82. The van der Waals surface area contributed by atoms with Gasteiger partial charge in [-0.1, -0.05) is 37.3 Å². The summed E-state index contributed by atoms with van der Waals surface area (Å²) in [4.78, 5) is 28.5. The van der Waals surface area contributed by atoms with Crippen LogP contribution in [0.3, 0.4) is 0 Å². The number of carbonyl (C=O) groups excluding carboxylic acids is 2.